The molecule has 0 saturated heterocycles. The highest BCUT2D eigenvalue weighted by atomic mass is 16.5. The van der Waals surface area contributed by atoms with Gasteiger partial charge in [0.2, 0.25) is 11.8 Å². The van der Waals surface area contributed by atoms with Gasteiger partial charge in [-0.25, -0.2) is 0 Å². The van der Waals surface area contributed by atoms with Gasteiger partial charge in [-0.05, 0) is 41.7 Å². The Balaban J connectivity index is 1.66. The van der Waals surface area contributed by atoms with Crippen LogP contribution in [0.3, 0.4) is 0 Å². The minimum Gasteiger partial charge on any atom is -0.497 e. The van der Waals surface area contributed by atoms with Crippen LogP contribution >= 0.6 is 0 Å². The lowest BCUT2D eigenvalue weighted by Crippen LogP contribution is -2.52. The molecule has 0 radical (unpaired) electrons. The molecule has 0 unspecified atom stereocenters. The van der Waals surface area contributed by atoms with Crippen LogP contribution in [0.5, 0.6) is 5.75 Å². The molecule has 5 nitrogen and oxygen atoms in total. The van der Waals surface area contributed by atoms with E-state index < -0.39 is 6.04 Å². The molecule has 0 bridgehead atoms. The van der Waals surface area contributed by atoms with Crippen molar-refractivity contribution in [2.45, 2.75) is 57.2 Å². The highest BCUT2D eigenvalue weighted by molar-refractivity contribution is 5.89. The zero-order valence-corrected chi connectivity index (χ0v) is 20.4. The third kappa shape index (κ3) is 6.95. The summed E-state index contributed by atoms with van der Waals surface area (Å²) in [7, 11) is 1.63. The van der Waals surface area contributed by atoms with Crippen molar-refractivity contribution in [3.05, 3.63) is 102 Å². The highest BCUT2D eigenvalue weighted by Crippen LogP contribution is 2.22. The van der Waals surface area contributed by atoms with E-state index >= 15 is 0 Å². The van der Waals surface area contributed by atoms with E-state index in [0.29, 0.717) is 13.0 Å². The topological polar surface area (TPSA) is 58.6 Å². The van der Waals surface area contributed by atoms with Gasteiger partial charge in [-0.2, -0.15) is 0 Å². The van der Waals surface area contributed by atoms with E-state index in [1.807, 2.05) is 84.9 Å². The van der Waals surface area contributed by atoms with E-state index in [2.05, 4.69) is 5.32 Å². The first-order valence-corrected chi connectivity index (χ1v) is 12.4. The number of nitrogens with one attached hydrogen (secondary N) is 1. The summed E-state index contributed by atoms with van der Waals surface area (Å²) in [5, 5.41) is 3.25. The molecule has 5 heteroatoms. The van der Waals surface area contributed by atoms with Gasteiger partial charge in [0.15, 0.2) is 0 Å². The average molecular weight is 471 g/mol. The van der Waals surface area contributed by atoms with Crippen LogP contribution in [0.25, 0.3) is 0 Å². The Bertz CT molecular complexity index is 1090. The number of hydrogen-bond donors (Lipinski definition) is 1. The summed E-state index contributed by atoms with van der Waals surface area (Å²) >= 11 is 0. The van der Waals surface area contributed by atoms with Crippen LogP contribution in [0, 0.1) is 0 Å². The van der Waals surface area contributed by atoms with E-state index in [1.165, 1.54) is 0 Å². The van der Waals surface area contributed by atoms with Crippen molar-refractivity contribution in [2.24, 2.45) is 0 Å². The molecule has 4 rings (SSSR count). The lowest BCUT2D eigenvalue weighted by atomic mass is 10.0. The van der Waals surface area contributed by atoms with Crippen molar-refractivity contribution >= 4 is 11.8 Å². The van der Waals surface area contributed by atoms with Gasteiger partial charge in [0.05, 0.1) is 13.5 Å². The molecular weight excluding hydrogens is 436 g/mol. The maximum Gasteiger partial charge on any atom is 0.243 e. The maximum absolute atomic E-state index is 13.8. The Morgan fingerprint density at radius 2 is 1.51 bits per heavy atom. The molecule has 0 aromatic heterocycles. The quantitative estimate of drug-likeness (QED) is 0.457. The zero-order chi connectivity index (χ0) is 24.5. The molecule has 182 valence electrons. The number of rotatable bonds is 10. The van der Waals surface area contributed by atoms with Gasteiger partial charge in [0, 0.05) is 19.0 Å². The molecule has 1 aliphatic carbocycles. The predicted octanol–water partition coefficient (Wildman–Crippen LogP) is 4.94. The molecule has 1 atom stereocenters. The van der Waals surface area contributed by atoms with Gasteiger partial charge in [0.1, 0.15) is 11.8 Å². The van der Waals surface area contributed by atoms with Crippen LogP contribution < -0.4 is 10.1 Å². The third-order valence-corrected chi connectivity index (χ3v) is 6.66. The second kappa shape index (κ2) is 12.2. The number of methoxy groups -OCH3 is 1. The molecular formula is C30H34N2O3. The fourth-order valence-electron chi connectivity index (χ4n) is 4.76. The van der Waals surface area contributed by atoms with Gasteiger partial charge >= 0.3 is 0 Å². The van der Waals surface area contributed by atoms with Crippen LogP contribution in [-0.4, -0.2) is 35.9 Å². The van der Waals surface area contributed by atoms with Crippen LogP contribution in [0.2, 0.25) is 0 Å². The maximum atomic E-state index is 13.8. The summed E-state index contributed by atoms with van der Waals surface area (Å²) in [4.78, 5) is 29.2. The summed E-state index contributed by atoms with van der Waals surface area (Å²) in [6.07, 6.45) is 4.97. The third-order valence-electron chi connectivity index (χ3n) is 6.66. The Morgan fingerprint density at radius 1 is 0.886 bits per heavy atom. The van der Waals surface area contributed by atoms with Crippen LogP contribution in [0.15, 0.2) is 84.9 Å². The van der Waals surface area contributed by atoms with E-state index in [9.17, 15) is 9.59 Å². The first-order valence-electron chi connectivity index (χ1n) is 12.4. The summed E-state index contributed by atoms with van der Waals surface area (Å²) in [6.45, 7) is 0.332. The van der Waals surface area contributed by atoms with E-state index in [-0.39, 0.29) is 24.3 Å². The Kier molecular flexibility index (Phi) is 8.55. The van der Waals surface area contributed by atoms with Crippen molar-refractivity contribution in [3.8, 4) is 5.75 Å². The fourth-order valence-corrected chi connectivity index (χ4v) is 4.76. The molecule has 1 saturated carbocycles. The van der Waals surface area contributed by atoms with Gasteiger partial charge in [0.25, 0.3) is 0 Å². The Labute approximate surface area is 208 Å². The lowest BCUT2D eigenvalue weighted by Gasteiger charge is -2.32. The summed E-state index contributed by atoms with van der Waals surface area (Å²) < 4.78 is 5.40. The van der Waals surface area contributed by atoms with Crippen molar-refractivity contribution in [1.29, 1.82) is 0 Å². The number of ether oxygens (including phenoxy) is 1. The first-order chi connectivity index (χ1) is 17.1. The minimum absolute atomic E-state index is 0.0680. The summed E-state index contributed by atoms with van der Waals surface area (Å²) in [5.74, 6) is 0.583. The monoisotopic (exact) mass is 470 g/mol. The largest absolute Gasteiger partial charge is 0.497 e. The van der Waals surface area contributed by atoms with Gasteiger partial charge in [-0.15, -0.1) is 0 Å². The zero-order valence-electron chi connectivity index (χ0n) is 20.4. The van der Waals surface area contributed by atoms with Crippen LogP contribution in [-0.2, 0) is 29.0 Å². The summed E-state index contributed by atoms with van der Waals surface area (Å²) in [6, 6.07) is 26.9. The van der Waals surface area contributed by atoms with Gasteiger partial charge in [-0.3, -0.25) is 9.59 Å². The molecule has 3 aromatic carbocycles. The number of benzene rings is 3. The normalized spacial score (nSPS) is 14.3. The molecule has 35 heavy (non-hydrogen) atoms. The molecule has 1 N–H and O–H groups in total. The van der Waals surface area contributed by atoms with Crippen molar-refractivity contribution < 1.29 is 14.3 Å². The SMILES string of the molecule is COc1cccc(CN(C(=O)Cc2ccccc2)[C@H](Cc2ccccc2)C(=O)NC2CCCC2)c1. The molecule has 0 heterocycles. The minimum atomic E-state index is -0.611. The highest BCUT2D eigenvalue weighted by Gasteiger charge is 2.32. The molecule has 2 amide bonds. The number of nitrogens with zero attached hydrogens (tertiary/aromatic N) is 1. The first kappa shape index (κ1) is 24.5. The van der Waals surface area contributed by atoms with Crippen LogP contribution in [0.1, 0.15) is 42.4 Å². The van der Waals surface area contributed by atoms with Crippen molar-refractivity contribution in [1.82, 2.24) is 10.2 Å². The van der Waals surface area contributed by atoms with Crippen molar-refractivity contribution in [3.63, 3.8) is 0 Å². The molecule has 0 aliphatic heterocycles. The fraction of sp³-hybridized carbons (Fsp3) is 0.333. The number of carbonyl (C=O) groups is 2. The molecule has 3 aromatic rings. The Morgan fingerprint density at radius 3 is 2.17 bits per heavy atom. The number of amides is 2. The molecule has 0 spiro atoms. The number of carbonyl (C=O) groups excluding carboxylic acids is 2. The average Bonchev–Trinajstić information content (AvgIpc) is 3.40. The summed E-state index contributed by atoms with van der Waals surface area (Å²) in [5.41, 5.74) is 2.89. The predicted molar refractivity (Wildman–Crippen MR) is 138 cm³/mol. The smallest absolute Gasteiger partial charge is 0.243 e. The van der Waals surface area contributed by atoms with E-state index in [1.54, 1.807) is 12.0 Å². The number of hydrogen-bond acceptors (Lipinski definition) is 3. The van der Waals surface area contributed by atoms with E-state index in [4.69, 9.17) is 4.74 Å². The van der Waals surface area contributed by atoms with Gasteiger partial charge < -0.3 is 15.0 Å². The lowest BCUT2D eigenvalue weighted by molar-refractivity contribution is -0.141. The van der Waals surface area contributed by atoms with Crippen LogP contribution in [0.4, 0.5) is 0 Å². The second-order valence-electron chi connectivity index (χ2n) is 9.23. The van der Waals surface area contributed by atoms with E-state index in [0.717, 1.165) is 48.1 Å². The van der Waals surface area contributed by atoms with Crippen molar-refractivity contribution in [2.75, 3.05) is 7.11 Å². The standard InChI is InChI=1S/C30H34N2O3/c1-35-27-18-10-15-25(19-27)22-32(29(33)21-24-13-6-3-7-14-24)28(20-23-11-4-2-5-12-23)30(34)31-26-16-8-9-17-26/h2-7,10-15,18-19,26,28H,8-9,16-17,20-22H2,1H3,(H,31,34)/t28-/m1/s1. The second-order valence-corrected chi connectivity index (χ2v) is 9.23. The Hall–Kier alpha value is -3.60. The molecule has 1 fully saturated rings. The molecule has 1 aliphatic rings. The van der Waals surface area contributed by atoms with Gasteiger partial charge in [-0.1, -0.05) is 85.6 Å².